The summed E-state index contributed by atoms with van der Waals surface area (Å²) in [6.45, 7) is -0.316. The molecule has 2 aromatic carbocycles. The number of halogens is 2. The number of anilines is 1. The highest BCUT2D eigenvalue weighted by atomic mass is 35.5. The molecule has 0 spiro atoms. The van der Waals surface area contributed by atoms with E-state index in [4.69, 9.17) is 16.3 Å². The van der Waals surface area contributed by atoms with E-state index in [1.165, 1.54) is 23.0 Å². The van der Waals surface area contributed by atoms with E-state index in [0.717, 1.165) is 17.2 Å². The summed E-state index contributed by atoms with van der Waals surface area (Å²) in [6.07, 6.45) is 3.12. The highest BCUT2D eigenvalue weighted by Gasteiger charge is 2.17. The Morgan fingerprint density at radius 3 is 2.81 bits per heavy atom. The van der Waals surface area contributed by atoms with Gasteiger partial charge in [-0.1, -0.05) is 23.7 Å². The van der Waals surface area contributed by atoms with Crippen molar-refractivity contribution in [2.24, 2.45) is 7.05 Å². The van der Waals surface area contributed by atoms with Gasteiger partial charge in [-0.05, 0) is 35.9 Å². The Hall–Kier alpha value is -3.65. The first kappa shape index (κ1) is 20.6. The van der Waals surface area contributed by atoms with Crippen LogP contribution < -0.4 is 15.6 Å². The number of carbonyl (C=O) groups excluding carboxylic acids is 1. The van der Waals surface area contributed by atoms with Gasteiger partial charge in [-0.2, -0.15) is 0 Å². The molecule has 0 aliphatic rings. The topological polar surface area (TPSA) is 78.1 Å². The molecule has 158 valence electrons. The quantitative estimate of drug-likeness (QED) is 0.511. The van der Waals surface area contributed by atoms with Gasteiger partial charge in [-0.15, -0.1) is 0 Å². The molecular formula is C22H18ClFN4O3. The SMILES string of the molecule is COc1cccc(-c2cn(C)c3c(=O)n(CC(=O)Nc4ccc(Cl)cc4F)cnc23)c1. The van der Waals surface area contributed by atoms with E-state index < -0.39 is 11.7 Å². The number of hydrogen-bond donors (Lipinski definition) is 1. The Balaban J connectivity index is 1.66. The summed E-state index contributed by atoms with van der Waals surface area (Å²) in [7, 11) is 3.32. The number of ether oxygens (including phenoxy) is 1. The average Bonchev–Trinajstić information content (AvgIpc) is 3.09. The van der Waals surface area contributed by atoms with Crippen LogP contribution in [-0.2, 0) is 18.4 Å². The summed E-state index contributed by atoms with van der Waals surface area (Å²) in [4.78, 5) is 29.8. The molecule has 9 heteroatoms. The molecule has 4 rings (SSSR count). The van der Waals surface area contributed by atoms with Crippen molar-refractivity contribution in [1.29, 1.82) is 0 Å². The molecule has 4 aromatic rings. The minimum atomic E-state index is -0.660. The van der Waals surface area contributed by atoms with Gasteiger partial charge in [0, 0.05) is 23.8 Å². The van der Waals surface area contributed by atoms with Gasteiger partial charge in [0.25, 0.3) is 5.56 Å². The number of fused-ring (bicyclic) bond motifs is 1. The van der Waals surface area contributed by atoms with Crippen molar-refractivity contribution in [2.45, 2.75) is 6.54 Å². The number of amides is 1. The number of nitrogens with one attached hydrogen (secondary N) is 1. The van der Waals surface area contributed by atoms with Gasteiger partial charge in [-0.3, -0.25) is 14.2 Å². The number of benzene rings is 2. The van der Waals surface area contributed by atoms with Crippen LogP contribution >= 0.6 is 11.6 Å². The first-order valence-corrected chi connectivity index (χ1v) is 9.69. The largest absolute Gasteiger partial charge is 0.497 e. The Morgan fingerprint density at radius 2 is 2.06 bits per heavy atom. The second-order valence-corrected chi connectivity index (χ2v) is 7.37. The van der Waals surface area contributed by atoms with E-state index in [1.807, 2.05) is 24.3 Å². The third kappa shape index (κ3) is 4.02. The van der Waals surface area contributed by atoms with Crippen LogP contribution in [0.4, 0.5) is 10.1 Å². The predicted octanol–water partition coefficient (Wildman–Crippen LogP) is 3.84. The molecular weight excluding hydrogens is 423 g/mol. The van der Waals surface area contributed by atoms with Crippen molar-refractivity contribution in [1.82, 2.24) is 14.1 Å². The van der Waals surface area contributed by atoms with E-state index in [0.29, 0.717) is 16.8 Å². The maximum absolute atomic E-state index is 13.9. The maximum Gasteiger partial charge on any atom is 0.278 e. The zero-order valence-corrected chi connectivity index (χ0v) is 17.5. The Kier molecular flexibility index (Phi) is 5.48. The summed E-state index contributed by atoms with van der Waals surface area (Å²) >= 11 is 5.72. The second-order valence-electron chi connectivity index (χ2n) is 6.93. The third-order valence-electron chi connectivity index (χ3n) is 4.84. The summed E-state index contributed by atoms with van der Waals surface area (Å²) in [5.74, 6) is -0.534. The highest BCUT2D eigenvalue weighted by molar-refractivity contribution is 6.30. The van der Waals surface area contributed by atoms with Gasteiger partial charge < -0.3 is 14.6 Å². The fourth-order valence-electron chi connectivity index (χ4n) is 3.36. The van der Waals surface area contributed by atoms with E-state index >= 15 is 0 Å². The Morgan fingerprint density at radius 1 is 1.26 bits per heavy atom. The lowest BCUT2D eigenvalue weighted by atomic mass is 10.1. The van der Waals surface area contributed by atoms with E-state index in [1.54, 1.807) is 24.9 Å². The summed E-state index contributed by atoms with van der Waals surface area (Å²) < 4.78 is 22.0. The van der Waals surface area contributed by atoms with Gasteiger partial charge in [-0.25, -0.2) is 9.37 Å². The number of hydrogen-bond acceptors (Lipinski definition) is 4. The third-order valence-corrected chi connectivity index (χ3v) is 5.08. The molecule has 0 saturated heterocycles. The van der Waals surface area contributed by atoms with Crippen molar-refractivity contribution in [3.8, 4) is 16.9 Å². The summed E-state index contributed by atoms with van der Waals surface area (Å²) in [5.41, 5.74) is 2.09. The molecule has 0 saturated carbocycles. The van der Waals surface area contributed by atoms with Crippen LogP contribution in [-0.4, -0.2) is 27.1 Å². The maximum atomic E-state index is 13.9. The van der Waals surface area contributed by atoms with Crippen LogP contribution in [0.15, 0.2) is 59.8 Å². The predicted molar refractivity (Wildman–Crippen MR) is 117 cm³/mol. The van der Waals surface area contributed by atoms with Crippen molar-refractivity contribution in [2.75, 3.05) is 12.4 Å². The average molecular weight is 441 g/mol. The molecule has 7 nitrogen and oxygen atoms in total. The molecule has 0 aliphatic heterocycles. The number of methoxy groups -OCH3 is 1. The number of aryl methyl sites for hydroxylation is 1. The van der Waals surface area contributed by atoms with Gasteiger partial charge in [0.2, 0.25) is 5.91 Å². The molecule has 2 heterocycles. The fraction of sp³-hybridized carbons (Fsp3) is 0.136. The number of aromatic nitrogens is 3. The molecule has 0 aliphatic carbocycles. The van der Waals surface area contributed by atoms with Crippen LogP contribution in [0.1, 0.15) is 0 Å². The molecule has 0 atom stereocenters. The Labute approximate surface area is 181 Å². The fourth-order valence-corrected chi connectivity index (χ4v) is 3.52. The normalized spacial score (nSPS) is 11.0. The summed E-state index contributed by atoms with van der Waals surface area (Å²) in [5, 5.41) is 2.66. The molecule has 0 radical (unpaired) electrons. The zero-order valence-electron chi connectivity index (χ0n) is 16.7. The highest BCUT2D eigenvalue weighted by Crippen LogP contribution is 2.29. The van der Waals surface area contributed by atoms with Crippen LogP contribution in [0, 0.1) is 5.82 Å². The van der Waals surface area contributed by atoms with Gasteiger partial charge in [0.15, 0.2) is 0 Å². The lowest BCUT2D eigenvalue weighted by Crippen LogP contribution is -2.28. The minimum absolute atomic E-state index is 0.0179. The van der Waals surface area contributed by atoms with E-state index in [9.17, 15) is 14.0 Å². The molecule has 1 amide bonds. The molecule has 0 bridgehead atoms. The van der Waals surface area contributed by atoms with Crippen molar-refractivity contribution in [3.05, 3.63) is 76.2 Å². The standard InChI is InChI=1S/C22H18ClFN4O3/c1-27-10-16(13-4-3-5-15(8-13)31-2)20-21(27)22(30)28(12-25-20)11-19(29)26-18-7-6-14(23)9-17(18)24/h3-10,12H,11H2,1-2H3,(H,26,29). The van der Waals surface area contributed by atoms with Crippen LogP contribution in [0.25, 0.3) is 22.2 Å². The van der Waals surface area contributed by atoms with Gasteiger partial charge in [0.1, 0.15) is 29.1 Å². The number of rotatable bonds is 5. The minimum Gasteiger partial charge on any atom is -0.497 e. The molecule has 2 aromatic heterocycles. The van der Waals surface area contributed by atoms with Crippen molar-refractivity contribution < 1.29 is 13.9 Å². The van der Waals surface area contributed by atoms with Crippen molar-refractivity contribution in [3.63, 3.8) is 0 Å². The number of carbonyl (C=O) groups is 1. The zero-order chi connectivity index (χ0) is 22.1. The number of nitrogens with zero attached hydrogens (tertiary/aromatic N) is 3. The summed E-state index contributed by atoms with van der Waals surface area (Å²) in [6, 6.07) is 11.4. The molecule has 0 fully saturated rings. The van der Waals surface area contributed by atoms with Crippen LogP contribution in [0.5, 0.6) is 5.75 Å². The second kappa shape index (κ2) is 8.23. The van der Waals surface area contributed by atoms with E-state index in [-0.39, 0.29) is 22.8 Å². The smallest absolute Gasteiger partial charge is 0.278 e. The molecule has 0 unspecified atom stereocenters. The van der Waals surface area contributed by atoms with Crippen molar-refractivity contribution >= 4 is 34.2 Å². The first-order chi connectivity index (χ1) is 14.9. The monoisotopic (exact) mass is 440 g/mol. The van der Waals surface area contributed by atoms with Crippen LogP contribution in [0.2, 0.25) is 5.02 Å². The molecule has 31 heavy (non-hydrogen) atoms. The lowest BCUT2D eigenvalue weighted by Gasteiger charge is -2.09. The molecule has 1 N–H and O–H groups in total. The lowest BCUT2D eigenvalue weighted by molar-refractivity contribution is -0.116. The van der Waals surface area contributed by atoms with Crippen LogP contribution in [0.3, 0.4) is 0 Å². The van der Waals surface area contributed by atoms with Gasteiger partial charge >= 0.3 is 0 Å². The Bertz CT molecular complexity index is 1360. The van der Waals surface area contributed by atoms with E-state index in [2.05, 4.69) is 10.3 Å². The first-order valence-electron chi connectivity index (χ1n) is 9.31. The van der Waals surface area contributed by atoms with Gasteiger partial charge in [0.05, 0.1) is 19.1 Å².